The highest BCUT2D eigenvalue weighted by Crippen LogP contribution is 2.26. The minimum absolute atomic E-state index is 0.422. The van der Waals surface area contributed by atoms with Crippen molar-refractivity contribution in [3.63, 3.8) is 0 Å². The lowest BCUT2D eigenvalue weighted by molar-refractivity contribution is 0.318. The molecule has 1 N–H and O–H groups in total. The first-order valence-corrected chi connectivity index (χ1v) is 8.98. The summed E-state index contributed by atoms with van der Waals surface area (Å²) in [5.74, 6) is 1.22. The molecule has 1 atom stereocenters. The number of benzene rings is 1. The quantitative estimate of drug-likeness (QED) is 0.921. The van der Waals surface area contributed by atoms with E-state index in [9.17, 15) is 0 Å². The van der Waals surface area contributed by atoms with E-state index in [-0.39, 0.29) is 0 Å². The monoisotopic (exact) mass is 310 g/mol. The summed E-state index contributed by atoms with van der Waals surface area (Å²) in [5, 5.41) is 3.61. The van der Waals surface area contributed by atoms with Crippen molar-refractivity contribution < 1.29 is 0 Å². The van der Waals surface area contributed by atoms with Gasteiger partial charge >= 0.3 is 0 Å². The average molecular weight is 310 g/mol. The maximum absolute atomic E-state index is 4.99. The molecule has 3 heterocycles. The van der Waals surface area contributed by atoms with Crippen LogP contribution in [-0.2, 0) is 6.54 Å². The molecule has 2 fully saturated rings. The highest BCUT2D eigenvalue weighted by molar-refractivity contribution is 5.58. The SMILES string of the molecule is c1ccc(-c2cn(CCN3CCCC3)c(C3CCCN3)n2)cc1. The van der Waals surface area contributed by atoms with Gasteiger partial charge in [-0.05, 0) is 45.3 Å². The molecule has 0 radical (unpaired) electrons. The van der Waals surface area contributed by atoms with Gasteiger partial charge in [0.15, 0.2) is 0 Å². The van der Waals surface area contributed by atoms with E-state index in [4.69, 9.17) is 4.98 Å². The molecule has 0 amide bonds. The van der Waals surface area contributed by atoms with Gasteiger partial charge in [0.25, 0.3) is 0 Å². The molecule has 0 bridgehead atoms. The second-order valence-corrected chi connectivity index (χ2v) is 6.74. The van der Waals surface area contributed by atoms with Crippen LogP contribution in [0.3, 0.4) is 0 Å². The Balaban J connectivity index is 1.57. The Morgan fingerprint density at radius 2 is 1.87 bits per heavy atom. The molecule has 1 aromatic carbocycles. The van der Waals surface area contributed by atoms with Gasteiger partial charge in [-0.15, -0.1) is 0 Å². The van der Waals surface area contributed by atoms with E-state index in [2.05, 4.69) is 51.3 Å². The van der Waals surface area contributed by atoms with Gasteiger partial charge in [0.1, 0.15) is 5.82 Å². The Kier molecular flexibility index (Phi) is 4.44. The predicted octanol–water partition coefficient (Wildman–Crippen LogP) is 3.07. The highest BCUT2D eigenvalue weighted by atomic mass is 15.2. The number of likely N-dealkylation sites (tertiary alicyclic amines) is 1. The van der Waals surface area contributed by atoms with Crippen molar-refractivity contribution >= 4 is 0 Å². The van der Waals surface area contributed by atoms with E-state index in [1.807, 2.05) is 0 Å². The zero-order valence-electron chi connectivity index (χ0n) is 13.7. The average Bonchev–Trinajstić information content (AvgIpc) is 3.33. The van der Waals surface area contributed by atoms with Crippen LogP contribution >= 0.6 is 0 Å². The smallest absolute Gasteiger partial charge is 0.126 e. The molecule has 0 saturated carbocycles. The van der Waals surface area contributed by atoms with E-state index in [1.54, 1.807) is 0 Å². The third-order valence-corrected chi connectivity index (χ3v) is 5.10. The Labute approximate surface area is 138 Å². The standard InChI is InChI=1S/C19H26N4/c1-2-7-16(8-3-1)18-15-23(14-13-22-11-4-5-12-22)19(21-18)17-9-6-10-20-17/h1-3,7-8,15,17,20H,4-6,9-14H2. The van der Waals surface area contributed by atoms with Gasteiger partial charge in [0.05, 0.1) is 11.7 Å². The van der Waals surface area contributed by atoms with Crippen LogP contribution < -0.4 is 5.32 Å². The molecule has 0 aliphatic carbocycles. The Bertz CT molecular complexity index is 622. The Morgan fingerprint density at radius 1 is 1.04 bits per heavy atom. The summed E-state index contributed by atoms with van der Waals surface area (Å²) in [5.41, 5.74) is 2.32. The number of hydrogen-bond donors (Lipinski definition) is 1. The van der Waals surface area contributed by atoms with Gasteiger partial charge in [-0.2, -0.15) is 0 Å². The molecule has 4 nitrogen and oxygen atoms in total. The van der Waals surface area contributed by atoms with E-state index in [0.717, 1.165) is 25.3 Å². The first-order valence-electron chi connectivity index (χ1n) is 8.98. The van der Waals surface area contributed by atoms with E-state index < -0.39 is 0 Å². The molecular formula is C19H26N4. The van der Waals surface area contributed by atoms with Gasteiger partial charge in [0, 0.05) is 24.8 Å². The van der Waals surface area contributed by atoms with Crippen molar-refractivity contribution in [1.29, 1.82) is 0 Å². The second kappa shape index (κ2) is 6.85. The van der Waals surface area contributed by atoms with Gasteiger partial charge < -0.3 is 14.8 Å². The predicted molar refractivity (Wildman–Crippen MR) is 93.3 cm³/mol. The normalized spacial score (nSPS) is 22.0. The number of hydrogen-bond acceptors (Lipinski definition) is 3. The first-order chi connectivity index (χ1) is 11.4. The second-order valence-electron chi connectivity index (χ2n) is 6.74. The first kappa shape index (κ1) is 14.9. The fourth-order valence-corrected chi connectivity index (χ4v) is 3.80. The van der Waals surface area contributed by atoms with Crippen molar-refractivity contribution in [2.75, 3.05) is 26.2 Å². The largest absolute Gasteiger partial charge is 0.332 e. The lowest BCUT2D eigenvalue weighted by Crippen LogP contribution is -2.26. The number of imidazole rings is 1. The van der Waals surface area contributed by atoms with Crippen molar-refractivity contribution in [3.05, 3.63) is 42.4 Å². The topological polar surface area (TPSA) is 33.1 Å². The van der Waals surface area contributed by atoms with Gasteiger partial charge in [-0.1, -0.05) is 30.3 Å². The van der Waals surface area contributed by atoms with E-state index in [1.165, 1.54) is 50.2 Å². The summed E-state index contributed by atoms with van der Waals surface area (Å²) < 4.78 is 2.39. The summed E-state index contributed by atoms with van der Waals surface area (Å²) >= 11 is 0. The van der Waals surface area contributed by atoms with Gasteiger partial charge in [-0.3, -0.25) is 0 Å². The number of aromatic nitrogens is 2. The molecule has 2 aromatic rings. The Hall–Kier alpha value is -1.65. The zero-order valence-corrected chi connectivity index (χ0v) is 13.7. The van der Waals surface area contributed by atoms with Crippen LogP contribution in [0.1, 0.15) is 37.5 Å². The van der Waals surface area contributed by atoms with Crippen molar-refractivity contribution in [2.45, 2.75) is 38.3 Å². The molecule has 0 spiro atoms. The van der Waals surface area contributed by atoms with E-state index >= 15 is 0 Å². The zero-order chi connectivity index (χ0) is 15.5. The molecule has 23 heavy (non-hydrogen) atoms. The van der Waals surface area contributed by atoms with Crippen LogP contribution in [0, 0.1) is 0 Å². The number of nitrogens with one attached hydrogen (secondary N) is 1. The van der Waals surface area contributed by atoms with Gasteiger partial charge in [-0.25, -0.2) is 4.98 Å². The summed E-state index contributed by atoms with van der Waals surface area (Å²) in [6, 6.07) is 11.0. The van der Waals surface area contributed by atoms with Gasteiger partial charge in [0.2, 0.25) is 0 Å². The highest BCUT2D eigenvalue weighted by Gasteiger charge is 2.23. The molecule has 4 rings (SSSR count). The fourth-order valence-electron chi connectivity index (χ4n) is 3.80. The molecule has 1 aromatic heterocycles. The minimum atomic E-state index is 0.422. The molecule has 2 aliphatic heterocycles. The molecule has 2 aliphatic rings. The lowest BCUT2D eigenvalue weighted by Gasteiger charge is -2.17. The van der Waals surface area contributed by atoms with Crippen molar-refractivity contribution in [3.8, 4) is 11.3 Å². The minimum Gasteiger partial charge on any atom is -0.332 e. The third kappa shape index (κ3) is 3.33. The summed E-state index contributed by atoms with van der Waals surface area (Å²) in [7, 11) is 0. The maximum atomic E-state index is 4.99. The molecule has 4 heteroatoms. The van der Waals surface area contributed by atoms with Crippen LogP contribution in [-0.4, -0.2) is 40.6 Å². The van der Waals surface area contributed by atoms with Crippen LogP contribution in [0.15, 0.2) is 36.5 Å². The molecule has 1 unspecified atom stereocenters. The number of rotatable bonds is 5. The summed E-state index contributed by atoms with van der Waals surface area (Å²) in [6.45, 7) is 5.83. The number of nitrogens with zero attached hydrogens (tertiary/aromatic N) is 3. The lowest BCUT2D eigenvalue weighted by atomic mass is 10.2. The maximum Gasteiger partial charge on any atom is 0.126 e. The molecule has 2 saturated heterocycles. The van der Waals surface area contributed by atoms with Crippen molar-refractivity contribution in [1.82, 2.24) is 19.8 Å². The summed E-state index contributed by atoms with van der Waals surface area (Å²) in [4.78, 5) is 7.57. The third-order valence-electron chi connectivity index (χ3n) is 5.10. The fraction of sp³-hybridized carbons (Fsp3) is 0.526. The van der Waals surface area contributed by atoms with Crippen LogP contribution in [0.25, 0.3) is 11.3 Å². The van der Waals surface area contributed by atoms with Crippen LogP contribution in [0.4, 0.5) is 0 Å². The van der Waals surface area contributed by atoms with Crippen LogP contribution in [0.5, 0.6) is 0 Å². The summed E-state index contributed by atoms with van der Waals surface area (Å²) in [6.07, 6.45) is 7.42. The van der Waals surface area contributed by atoms with E-state index in [0.29, 0.717) is 6.04 Å². The van der Waals surface area contributed by atoms with Crippen molar-refractivity contribution in [2.24, 2.45) is 0 Å². The van der Waals surface area contributed by atoms with Crippen LogP contribution in [0.2, 0.25) is 0 Å². The molecular weight excluding hydrogens is 284 g/mol. The molecule has 122 valence electrons. The Morgan fingerprint density at radius 3 is 2.61 bits per heavy atom.